The second-order valence-electron chi connectivity index (χ2n) is 4.58. The van der Waals surface area contributed by atoms with E-state index in [0.717, 1.165) is 13.1 Å². The molecule has 0 amide bonds. The zero-order valence-corrected chi connectivity index (χ0v) is 10.2. The van der Waals surface area contributed by atoms with Crippen molar-refractivity contribution >= 4 is 10.9 Å². The molecule has 0 spiro atoms. The maximum atomic E-state index is 12.4. The van der Waals surface area contributed by atoms with Gasteiger partial charge in [-0.2, -0.15) is 0 Å². The van der Waals surface area contributed by atoms with Crippen LogP contribution in [0.3, 0.4) is 0 Å². The number of aromatic nitrogens is 2. The van der Waals surface area contributed by atoms with Gasteiger partial charge in [-0.1, -0.05) is 6.07 Å². The Hall–Kier alpha value is -1.88. The van der Waals surface area contributed by atoms with Crippen LogP contribution in [0, 0.1) is 5.92 Å². The van der Waals surface area contributed by atoms with Crippen molar-refractivity contribution in [3.8, 4) is 5.75 Å². The Balaban J connectivity index is 2.11. The molecule has 1 N–H and O–H groups in total. The van der Waals surface area contributed by atoms with Gasteiger partial charge in [0, 0.05) is 25.6 Å². The molecule has 18 heavy (non-hydrogen) atoms. The summed E-state index contributed by atoms with van der Waals surface area (Å²) in [4.78, 5) is 16.7. The van der Waals surface area contributed by atoms with Crippen molar-refractivity contribution in [3.05, 3.63) is 34.9 Å². The fourth-order valence-electron chi connectivity index (χ4n) is 2.23. The monoisotopic (exact) mass is 245 g/mol. The van der Waals surface area contributed by atoms with Crippen LogP contribution < -0.4 is 15.6 Å². The average molecular weight is 245 g/mol. The molecule has 2 heterocycles. The predicted molar refractivity (Wildman–Crippen MR) is 68.9 cm³/mol. The lowest BCUT2D eigenvalue weighted by molar-refractivity contribution is 0.303. The Kier molecular flexibility index (Phi) is 2.76. The van der Waals surface area contributed by atoms with Gasteiger partial charge >= 0.3 is 0 Å². The van der Waals surface area contributed by atoms with E-state index in [0.29, 0.717) is 29.1 Å². The molecular formula is C13H15N3O2. The Morgan fingerprint density at radius 2 is 2.33 bits per heavy atom. The third-order valence-corrected chi connectivity index (χ3v) is 3.36. The molecule has 1 aliphatic rings. The van der Waals surface area contributed by atoms with Gasteiger partial charge in [0.25, 0.3) is 5.56 Å². The number of ether oxygens (including phenoxy) is 1. The van der Waals surface area contributed by atoms with E-state index in [2.05, 4.69) is 10.3 Å². The SMILES string of the molecule is COc1cccc2ncn(CC3CNC3)c(=O)c12. The lowest BCUT2D eigenvalue weighted by Crippen LogP contribution is -2.45. The van der Waals surface area contributed by atoms with Crippen LogP contribution in [0.1, 0.15) is 0 Å². The molecule has 0 radical (unpaired) electrons. The molecule has 0 saturated carbocycles. The second-order valence-corrected chi connectivity index (χ2v) is 4.58. The van der Waals surface area contributed by atoms with Crippen LogP contribution in [0.4, 0.5) is 0 Å². The molecule has 0 atom stereocenters. The molecular weight excluding hydrogens is 230 g/mol. The van der Waals surface area contributed by atoms with Crippen molar-refractivity contribution in [1.82, 2.24) is 14.9 Å². The topological polar surface area (TPSA) is 56.1 Å². The van der Waals surface area contributed by atoms with E-state index in [1.54, 1.807) is 24.1 Å². The third kappa shape index (κ3) is 1.76. The quantitative estimate of drug-likeness (QED) is 0.861. The van der Waals surface area contributed by atoms with Gasteiger partial charge in [0.2, 0.25) is 0 Å². The van der Waals surface area contributed by atoms with Crippen LogP contribution >= 0.6 is 0 Å². The summed E-state index contributed by atoms with van der Waals surface area (Å²) in [6.45, 7) is 2.65. The van der Waals surface area contributed by atoms with Crippen LogP contribution in [0.25, 0.3) is 10.9 Å². The highest BCUT2D eigenvalue weighted by molar-refractivity contribution is 5.83. The largest absolute Gasteiger partial charge is 0.496 e. The molecule has 3 rings (SSSR count). The van der Waals surface area contributed by atoms with Gasteiger partial charge in [-0.15, -0.1) is 0 Å². The Labute approximate surface area is 104 Å². The van der Waals surface area contributed by atoms with Gasteiger partial charge in [0.1, 0.15) is 11.1 Å². The van der Waals surface area contributed by atoms with E-state index in [1.807, 2.05) is 12.1 Å². The molecule has 5 heteroatoms. The van der Waals surface area contributed by atoms with Crippen molar-refractivity contribution < 1.29 is 4.74 Å². The fourth-order valence-corrected chi connectivity index (χ4v) is 2.23. The molecule has 1 aliphatic heterocycles. The van der Waals surface area contributed by atoms with Crippen LogP contribution in [0.5, 0.6) is 5.75 Å². The number of nitrogens with one attached hydrogen (secondary N) is 1. The summed E-state index contributed by atoms with van der Waals surface area (Å²) in [6, 6.07) is 5.46. The van der Waals surface area contributed by atoms with E-state index in [9.17, 15) is 4.79 Å². The van der Waals surface area contributed by atoms with Crippen molar-refractivity contribution in [3.63, 3.8) is 0 Å². The molecule has 1 saturated heterocycles. The van der Waals surface area contributed by atoms with Gasteiger partial charge in [-0.25, -0.2) is 4.98 Å². The van der Waals surface area contributed by atoms with E-state index < -0.39 is 0 Å². The van der Waals surface area contributed by atoms with Crippen molar-refractivity contribution in [2.24, 2.45) is 5.92 Å². The average Bonchev–Trinajstić information content (AvgIpc) is 2.35. The molecule has 0 aliphatic carbocycles. The first-order valence-corrected chi connectivity index (χ1v) is 6.02. The number of rotatable bonds is 3. The van der Waals surface area contributed by atoms with E-state index in [-0.39, 0.29) is 5.56 Å². The number of benzene rings is 1. The molecule has 94 valence electrons. The lowest BCUT2D eigenvalue weighted by atomic mass is 10.0. The van der Waals surface area contributed by atoms with Gasteiger partial charge in [0.15, 0.2) is 0 Å². The normalized spacial score (nSPS) is 15.6. The molecule has 0 unspecified atom stereocenters. The Morgan fingerprint density at radius 1 is 1.50 bits per heavy atom. The van der Waals surface area contributed by atoms with E-state index >= 15 is 0 Å². The summed E-state index contributed by atoms with van der Waals surface area (Å²) in [5.41, 5.74) is 0.659. The van der Waals surface area contributed by atoms with Gasteiger partial charge < -0.3 is 10.1 Å². The molecule has 1 aromatic carbocycles. The van der Waals surface area contributed by atoms with Gasteiger partial charge in [0.05, 0.1) is 19.0 Å². The zero-order valence-electron chi connectivity index (χ0n) is 10.2. The summed E-state index contributed by atoms with van der Waals surface area (Å²) in [6.07, 6.45) is 1.63. The summed E-state index contributed by atoms with van der Waals surface area (Å²) in [5, 5.41) is 3.76. The number of hydrogen-bond donors (Lipinski definition) is 1. The maximum absolute atomic E-state index is 12.4. The smallest absolute Gasteiger partial charge is 0.264 e. The van der Waals surface area contributed by atoms with Crippen molar-refractivity contribution in [2.75, 3.05) is 20.2 Å². The molecule has 2 aromatic rings. The van der Waals surface area contributed by atoms with Gasteiger partial charge in [-0.05, 0) is 12.1 Å². The molecule has 5 nitrogen and oxygen atoms in total. The molecule has 1 fully saturated rings. The molecule has 1 aromatic heterocycles. The molecule has 0 bridgehead atoms. The number of nitrogens with zero attached hydrogens (tertiary/aromatic N) is 2. The van der Waals surface area contributed by atoms with Gasteiger partial charge in [-0.3, -0.25) is 9.36 Å². The maximum Gasteiger partial charge on any atom is 0.264 e. The summed E-state index contributed by atoms with van der Waals surface area (Å²) >= 11 is 0. The van der Waals surface area contributed by atoms with Crippen molar-refractivity contribution in [1.29, 1.82) is 0 Å². The predicted octanol–water partition coefficient (Wildman–Crippen LogP) is 0.624. The first-order valence-electron chi connectivity index (χ1n) is 6.02. The van der Waals surface area contributed by atoms with Crippen LogP contribution in [-0.4, -0.2) is 29.8 Å². The first-order chi connectivity index (χ1) is 8.79. The number of fused-ring (bicyclic) bond motifs is 1. The highest BCUT2D eigenvalue weighted by Gasteiger charge is 2.18. The third-order valence-electron chi connectivity index (χ3n) is 3.36. The lowest BCUT2D eigenvalue weighted by Gasteiger charge is -2.27. The number of methoxy groups -OCH3 is 1. The Morgan fingerprint density at radius 3 is 3.00 bits per heavy atom. The minimum absolute atomic E-state index is 0.0237. The summed E-state index contributed by atoms with van der Waals surface area (Å²) in [5.74, 6) is 1.11. The van der Waals surface area contributed by atoms with Crippen molar-refractivity contribution in [2.45, 2.75) is 6.54 Å². The number of hydrogen-bond acceptors (Lipinski definition) is 4. The van der Waals surface area contributed by atoms with Crippen LogP contribution in [0.15, 0.2) is 29.3 Å². The first kappa shape index (κ1) is 11.2. The summed E-state index contributed by atoms with van der Waals surface area (Å²) in [7, 11) is 1.57. The minimum Gasteiger partial charge on any atom is -0.496 e. The van der Waals surface area contributed by atoms with E-state index in [4.69, 9.17) is 4.74 Å². The van der Waals surface area contributed by atoms with Crippen LogP contribution in [-0.2, 0) is 6.54 Å². The highest BCUT2D eigenvalue weighted by Crippen LogP contribution is 2.20. The van der Waals surface area contributed by atoms with Crippen LogP contribution in [0.2, 0.25) is 0 Å². The summed E-state index contributed by atoms with van der Waals surface area (Å²) < 4.78 is 6.92. The van der Waals surface area contributed by atoms with E-state index in [1.165, 1.54) is 0 Å². The second kappa shape index (κ2) is 4.42. The minimum atomic E-state index is -0.0237. The zero-order chi connectivity index (χ0) is 12.5. The standard InChI is InChI=1S/C13H15N3O2/c1-18-11-4-2-3-10-12(11)13(17)16(8-15-10)7-9-5-14-6-9/h2-4,8-9,14H,5-7H2,1H3. The fraction of sp³-hybridized carbons (Fsp3) is 0.385. The Bertz CT molecular complexity index is 632. The highest BCUT2D eigenvalue weighted by atomic mass is 16.5.